The summed E-state index contributed by atoms with van der Waals surface area (Å²) >= 11 is 0. The molecule has 0 aliphatic rings. The van der Waals surface area contributed by atoms with E-state index in [4.69, 9.17) is 0 Å². The monoisotopic (exact) mass is 422 g/mol. The number of rotatable bonds is 1. The summed E-state index contributed by atoms with van der Waals surface area (Å²) in [6.07, 6.45) is 1.59. The number of hydrogen-bond donors (Lipinski definition) is 0. The minimum atomic E-state index is 0. The van der Waals surface area contributed by atoms with Crippen molar-refractivity contribution in [2.45, 2.75) is 6.92 Å². The summed E-state index contributed by atoms with van der Waals surface area (Å²) in [6, 6.07) is 20.5. The first-order valence-electron chi connectivity index (χ1n) is 6.40. The van der Waals surface area contributed by atoms with Gasteiger partial charge >= 0.3 is 26.2 Å². The first-order chi connectivity index (χ1) is 9.83. The molecule has 3 aromatic carbocycles. The van der Waals surface area contributed by atoms with Crippen LogP contribution in [-0.4, -0.2) is 20.2 Å². The Hall–Kier alpha value is -1.29. The molecule has 0 spiro atoms. The van der Waals surface area contributed by atoms with E-state index in [2.05, 4.69) is 58.8 Å². The molecule has 0 fully saturated rings. The second-order valence-electron chi connectivity index (χ2n) is 4.56. The Morgan fingerprint density at radius 2 is 1.74 bits per heavy atom. The summed E-state index contributed by atoms with van der Waals surface area (Å²) in [6.45, 7) is 2.08. The summed E-state index contributed by atoms with van der Waals surface area (Å²) in [7, 11) is 0. The number of fused-ring (bicyclic) bond motifs is 1. The number of nitrogens with zero attached hydrogens (tertiary/aromatic N) is 4. The molecular weight excluding hydrogens is 410 g/mol. The largest absolute Gasteiger partial charge is 4.00 e. The van der Waals surface area contributed by atoms with E-state index < -0.39 is 0 Å². The van der Waals surface area contributed by atoms with Gasteiger partial charge in [-0.05, 0) is 16.1 Å². The minimum absolute atomic E-state index is 0. The van der Waals surface area contributed by atoms with Crippen molar-refractivity contribution < 1.29 is 51.0 Å². The second kappa shape index (κ2) is 10.5. The molecular formula is C16H14Cl2N4Zr. The van der Waals surface area contributed by atoms with Crippen molar-refractivity contribution in [2.24, 2.45) is 0 Å². The van der Waals surface area contributed by atoms with E-state index in [9.17, 15) is 0 Å². The summed E-state index contributed by atoms with van der Waals surface area (Å²) < 4.78 is 1.65. The molecule has 0 atom stereocenters. The van der Waals surface area contributed by atoms with Crippen LogP contribution in [-0.2, 0) is 26.2 Å². The predicted molar refractivity (Wildman–Crippen MR) is 79.0 cm³/mol. The zero-order valence-corrected chi connectivity index (χ0v) is 16.4. The molecule has 0 unspecified atom stereocenters. The summed E-state index contributed by atoms with van der Waals surface area (Å²) in [5.41, 5.74) is 2.34. The Morgan fingerprint density at radius 3 is 2.26 bits per heavy atom. The van der Waals surface area contributed by atoms with E-state index in [0.29, 0.717) is 0 Å². The number of aryl methyl sites for hydroxylation is 1. The van der Waals surface area contributed by atoms with Crippen LogP contribution in [0, 0.1) is 6.92 Å². The van der Waals surface area contributed by atoms with E-state index in [1.165, 1.54) is 16.3 Å². The molecule has 0 N–H and O–H groups in total. The summed E-state index contributed by atoms with van der Waals surface area (Å²) in [4.78, 5) is 0. The molecule has 1 aromatic heterocycles. The van der Waals surface area contributed by atoms with Crippen LogP contribution in [0.1, 0.15) is 5.56 Å². The molecule has 4 aromatic rings. The molecule has 0 aliphatic heterocycles. The van der Waals surface area contributed by atoms with E-state index >= 15 is 0 Å². The van der Waals surface area contributed by atoms with Crippen molar-refractivity contribution in [1.82, 2.24) is 20.2 Å². The Labute approximate surface area is 166 Å². The van der Waals surface area contributed by atoms with Crippen LogP contribution in [0.15, 0.2) is 67.0 Å². The maximum atomic E-state index is 3.84. The van der Waals surface area contributed by atoms with Gasteiger partial charge in [-0.1, -0.05) is 13.0 Å². The van der Waals surface area contributed by atoms with Gasteiger partial charge in [-0.25, -0.2) is 16.8 Å². The van der Waals surface area contributed by atoms with Gasteiger partial charge in [0.05, 0.1) is 0 Å². The summed E-state index contributed by atoms with van der Waals surface area (Å²) in [5.74, 6) is 0. The molecule has 1 heterocycles. The number of tetrazole rings is 1. The first-order valence-corrected chi connectivity index (χ1v) is 6.40. The smallest absolute Gasteiger partial charge is 1.00 e. The third-order valence-corrected chi connectivity index (χ3v) is 3.05. The Bertz CT molecular complexity index is 747. The molecule has 0 aliphatic carbocycles. The van der Waals surface area contributed by atoms with Crippen molar-refractivity contribution in [3.8, 4) is 5.69 Å². The van der Waals surface area contributed by atoms with Crippen LogP contribution in [0.2, 0.25) is 0 Å². The standard InChI is InChI=1S/C10H7N4.C6H7.2ClH.Zr/c1-2-4-9-6-10(5-8(9)3-1)14-7-11-12-13-14;1-6-4-2-3-5-6;;;/h1-7H;2-5H,1H3;2*1H;/q2*-1;;;+4/p-2. The molecule has 23 heavy (non-hydrogen) atoms. The van der Waals surface area contributed by atoms with Crippen molar-refractivity contribution >= 4 is 10.8 Å². The van der Waals surface area contributed by atoms with Gasteiger partial charge in [0, 0.05) is 0 Å². The number of aromatic nitrogens is 4. The average Bonchev–Trinajstić information content (AvgIpc) is 3.20. The van der Waals surface area contributed by atoms with Crippen LogP contribution < -0.4 is 24.8 Å². The third kappa shape index (κ3) is 5.69. The Kier molecular flexibility index (Phi) is 9.89. The normalized spacial score (nSPS) is 8.91. The molecule has 116 valence electrons. The van der Waals surface area contributed by atoms with Gasteiger partial charge in [-0.15, -0.1) is 46.2 Å². The van der Waals surface area contributed by atoms with E-state index in [-0.39, 0.29) is 51.0 Å². The minimum Gasteiger partial charge on any atom is -1.00 e. The van der Waals surface area contributed by atoms with Crippen LogP contribution in [0.25, 0.3) is 16.5 Å². The van der Waals surface area contributed by atoms with Crippen LogP contribution in [0.5, 0.6) is 0 Å². The third-order valence-electron chi connectivity index (χ3n) is 3.05. The Morgan fingerprint density at radius 1 is 1.04 bits per heavy atom. The number of hydrogen-bond acceptors (Lipinski definition) is 3. The van der Waals surface area contributed by atoms with Crippen molar-refractivity contribution in [3.63, 3.8) is 0 Å². The molecule has 0 bridgehead atoms. The molecule has 0 amide bonds. The van der Waals surface area contributed by atoms with E-state index in [1.807, 2.05) is 24.3 Å². The maximum Gasteiger partial charge on any atom is 4.00 e. The molecule has 0 radical (unpaired) electrons. The van der Waals surface area contributed by atoms with Gasteiger partial charge in [0.25, 0.3) is 0 Å². The van der Waals surface area contributed by atoms with Crippen LogP contribution >= 0.6 is 0 Å². The van der Waals surface area contributed by atoms with E-state index in [1.54, 1.807) is 11.0 Å². The van der Waals surface area contributed by atoms with E-state index in [0.717, 1.165) is 5.69 Å². The number of benzene rings is 1. The molecule has 4 rings (SSSR count). The van der Waals surface area contributed by atoms with Crippen molar-refractivity contribution in [3.05, 3.63) is 72.6 Å². The number of halogens is 2. The molecule has 0 saturated carbocycles. The fourth-order valence-corrected chi connectivity index (χ4v) is 2.02. The second-order valence-corrected chi connectivity index (χ2v) is 4.56. The van der Waals surface area contributed by atoms with Gasteiger partial charge in [0.1, 0.15) is 6.33 Å². The van der Waals surface area contributed by atoms with Gasteiger partial charge in [0.2, 0.25) is 0 Å². The van der Waals surface area contributed by atoms with Gasteiger partial charge in [0.15, 0.2) is 0 Å². The average molecular weight is 424 g/mol. The van der Waals surface area contributed by atoms with Gasteiger partial charge in [-0.2, -0.15) is 17.7 Å². The molecule has 0 saturated heterocycles. The zero-order chi connectivity index (χ0) is 13.8. The Balaban J connectivity index is 0.000000469. The van der Waals surface area contributed by atoms with Crippen LogP contribution in [0.3, 0.4) is 0 Å². The predicted octanol–water partition coefficient (Wildman–Crippen LogP) is -2.75. The van der Waals surface area contributed by atoms with Crippen molar-refractivity contribution in [2.75, 3.05) is 0 Å². The summed E-state index contributed by atoms with van der Waals surface area (Å²) in [5, 5.41) is 13.5. The fraction of sp³-hybridized carbons (Fsp3) is 0.0625. The zero-order valence-electron chi connectivity index (χ0n) is 12.4. The van der Waals surface area contributed by atoms with Gasteiger partial charge in [-0.3, -0.25) is 0 Å². The fourth-order valence-electron chi connectivity index (χ4n) is 2.02. The van der Waals surface area contributed by atoms with Gasteiger partial charge < -0.3 is 24.8 Å². The first kappa shape index (κ1) is 21.7. The maximum absolute atomic E-state index is 3.84. The molecule has 7 heteroatoms. The topological polar surface area (TPSA) is 43.6 Å². The quantitative estimate of drug-likeness (QED) is 0.312. The van der Waals surface area contributed by atoms with Crippen LogP contribution in [0.4, 0.5) is 0 Å². The molecule has 4 nitrogen and oxygen atoms in total. The van der Waals surface area contributed by atoms with Crippen molar-refractivity contribution in [1.29, 1.82) is 0 Å². The SMILES string of the molecule is C[c-]1cccc1.[Cl-].[Cl-].[Zr+4].c1ccc2[cH-]c(-n3cnnn3)cc2c1.